The molecule has 2 N–H and O–H groups in total. The highest BCUT2D eigenvalue weighted by Gasteiger charge is 2.34. The molecule has 2 aliphatic rings. The van der Waals surface area contributed by atoms with E-state index >= 15 is 0 Å². The van der Waals surface area contributed by atoms with Gasteiger partial charge in [-0.15, -0.1) is 0 Å². The maximum atomic E-state index is 6.34. The molecule has 17 heavy (non-hydrogen) atoms. The fourth-order valence-electron chi connectivity index (χ4n) is 3.69. The molecule has 3 unspecified atom stereocenters. The first-order chi connectivity index (χ1) is 7.98. The van der Waals surface area contributed by atoms with Crippen LogP contribution in [0, 0.1) is 11.3 Å². The minimum Gasteiger partial charge on any atom is -0.327 e. The molecule has 0 spiro atoms. The lowest BCUT2D eigenvalue weighted by atomic mass is 9.70. The van der Waals surface area contributed by atoms with Crippen molar-refractivity contribution in [3.05, 3.63) is 0 Å². The van der Waals surface area contributed by atoms with Gasteiger partial charge in [-0.2, -0.15) is 0 Å². The van der Waals surface area contributed by atoms with E-state index in [-0.39, 0.29) is 0 Å². The molecule has 2 fully saturated rings. The van der Waals surface area contributed by atoms with Crippen LogP contribution in [0.15, 0.2) is 0 Å². The highest BCUT2D eigenvalue weighted by Crippen LogP contribution is 2.38. The monoisotopic (exact) mass is 238 g/mol. The second-order valence-corrected chi connectivity index (χ2v) is 7.17. The van der Waals surface area contributed by atoms with Crippen LogP contribution < -0.4 is 5.73 Å². The number of hydrogen-bond donors (Lipinski definition) is 1. The summed E-state index contributed by atoms with van der Waals surface area (Å²) in [6.07, 6.45) is 8.03. The van der Waals surface area contributed by atoms with Crippen molar-refractivity contribution in [2.75, 3.05) is 13.1 Å². The number of piperidine rings is 1. The van der Waals surface area contributed by atoms with Gasteiger partial charge in [0.25, 0.3) is 0 Å². The Morgan fingerprint density at radius 2 is 2.00 bits per heavy atom. The van der Waals surface area contributed by atoms with Gasteiger partial charge in [0.05, 0.1) is 0 Å². The van der Waals surface area contributed by atoms with E-state index in [0.717, 1.165) is 12.0 Å². The number of nitrogens with two attached hydrogens (primary N) is 1. The topological polar surface area (TPSA) is 29.3 Å². The van der Waals surface area contributed by atoms with Crippen molar-refractivity contribution >= 4 is 0 Å². The van der Waals surface area contributed by atoms with Crippen LogP contribution in [-0.4, -0.2) is 30.1 Å². The summed E-state index contributed by atoms with van der Waals surface area (Å²) < 4.78 is 0. The average molecular weight is 238 g/mol. The molecule has 0 aromatic rings. The Balaban J connectivity index is 1.91. The molecule has 1 saturated carbocycles. The third-order valence-electron chi connectivity index (χ3n) is 4.98. The van der Waals surface area contributed by atoms with Gasteiger partial charge in [0.15, 0.2) is 0 Å². The Morgan fingerprint density at radius 1 is 1.24 bits per heavy atom. The highest BCUT2D eigenvalue weighted by atomic mass is 15.2. The molecule has 2 nitrogen and oxygen atoms in total. The van der Waals surface area contributed by atoms with Crippen molar-refractivity contribution in [3.8, 4) is 0 Å². The first kappa shape index (κ1) is 13.4. The quantitative estimate of drug-likeness (QED) is 0.801. The fraction of sp³-hybridized carbons (Fsp3) is 1.00. The summed E-state index contributed by atoms with van der Waals surface area (Å²) in [5.41, 5.74) is 6.85. The van der Waals surface area contributed by atoms with Gasteiger partial charge >= 0.3 is 0 Å². The lowest BCUT2D eigenvalue weighted by molar-refractivity contribution is 0.0803. The molecule has 100 valence electrons. The maximum Gasteiger partial charge on any atom is 0.00797 e. The molecule has 0 amide bonds. The van der Waals surface area contributed by atoms with Crippen LogP contribution in [0.3, 0.4) is 0 Å². The number of hydrogen-bond acceptors (Lipinski definition) is 2. The third kappa shape index (κ3) is 3.45. The van der Waals surface area contributed by atoms with E-state index in [1.54, 1.807) is 0 Å². The molecule has 2 heteroatoms. The molecule has 3 atom stereocenters. The van der Waals surface area contributed by atoms with E-state index in [1.807, 2.05) is 0 Å². The van der Waals surface area contributed by atoms with E-state index in [0.29, 0.717) is 11.5 Å². The van der Waals surface area contributed by atoms with Crippen LogP contribution in [0.2, 0.25) is 0 Å². The molecule has 0 bridgehead atoms. The lowest BCUT2D eigenvalue weighted by Crippen LogP contribution is -2.48. The zero-order valence-corrected chi connectivity index (χ0v) is 11.9. The summed E-state index contributed by atoms with van der Waals surface area (Å²) in [6.45, 7) is 9.74. The van der Waals surface area contributed by atoms with E-state index in [2.05, 4.69) is 25.7 Å². The van der Waals surface area contributed by atoms with Gasteiger partial charge in [-0.1, -0.05) is 20.3 Å². The van der Waals surface area contributed by atoms with E-state index in [1.165, 1.54) is 51.6 Å². The van der Waals surface area contributed by atoms with Gasteiger partial charge in [0.1, 0.15) is 0 Å². The van der Waals surface area contributed by atoms with Crippen LogP contribution in [0.4, 0.5) is 0 Å². The Kier molecular flexibility index (Phi) is 4.14. The van der Waals surface area contributed by atoms with Crippen molar-refractivity contribution in [2.45, 2.75) is 71.4 Å². The summed E-state index contributed by atoms with van der Waals surface area (Å²) in [6, 6.07) is 1.22. The largest absolute Gasteiger partial charge is 0.327 e. The molecule has 1 aliphatic heterocycles. The van der Waals surface area contributed by atoms with Gasteiger partial charge in [0, 0.05) is 18.6 Å². The van der Waals surface area contributed by atoms with Crippen LogP contribution in [0.5, 0.6) is 0 Å². The van der Waals surface area contributed by atoms with Gasteiger partial charge in [-0.25, -0.2) is 0 Å². The minimum absolute atomic E-state index is 0.442. The van der Waals surface area contributed by atoms with Gasteiger partial charge < -0.3 is 10.6 Å². The molecule has 1 heterocycles. The number of likely N-dealkylation sites (tertiary alicyclic amines) is 1. The van der Waals surface area contributed by atoms with Gasteiger partial charge in [-0.05, 0) is 56.9 Å². The third-order valence-corrected chi connectivity index (χ3v) is 4.98. The van der Waals surface area contributed by atoms with E-state index < -0.39 is 0 Å². The Hall–Kier alpha value is -0.0800. The molecule has 0 aromatic carbocycles. The lowest BCUT2D eigenvalue weighted by Gasteiger charge is -2.43. The SMILES string of the molecule is CC1CCCCN1CC1CC(C)(C)CCC1N. The summed E-state index contributed by atoms with van der Waals surface area (Å²) in [7, 11) is 0. The molecular formula is C15H30N2. The van der Waals surface area contributed by atoms with Crippen LogP contribution in [0.25, 0.3) is 0 Å². The van der Waals surface area contributed by atoms with Crippen molar-refractivity contribution in [1.82, 2.24) is 4.90 Å². The van der Waals surface area contributed by atoms with E-state index in [9.17, 15) is 0 Å². The summed E-state index contributed by atoms with van der Waals surface area (Å²) in [5, 5.41) is 0. The molecular weight excluding hydrogens is 208 g/mol. The van der Waals surface area contributed by atoms with Crippen molar-refractivity contribution in [2.24, 2.45) is 17.1 Å². The standard InChI is InChI=1S/C15H30N2/c1-12-6-4-5-9-17(12)11-13-10-15(2,3)8-7-14(13)16/h12-14H,4-11,16H2,1-3H3. The Morgan fingerprint density at radius 3 is 2.71 bits per heavy atom. The highest BCUT2D eigenvalue weighted by molar-refractivity contribution is 4.89. The zero-order chi connectivity index (χ0) is 12.5. The van der Waals surface area contributed by atoms with Crippen molar-refractivity contribution in [3.63, 3.8) is 0 Å². The van der Waals surface area contributed by atoms with Crippen LogP contribution in [-0.2, 0) is 0 Å². The second-order valence-electron chi connectivity index (χ2n) is 7.17. The summed E-state index contributed by atoms with van der Waals surface area (Å²) in [4.78, 5) is 2.69. The number of nitrogens with zero attached hydrogens (tertiary/aromatic N) is 1. The summed E-state index contributed by atoms with van der Waals surface area (Å²) >= 11 is 0. The number of rotatable bonds is 2. The Bertz CT molecular complexity index is 249. The molecule has 1 aliphatic carbocycles. The normalized spacial score (nSPS) is 39.2. The fourth-order valence-corrected chi connectivity index (χ4v) is 3.69. The van der Waals surface area contributed by atoms with Crippen molar-refractivity contribution < 1.29 is 0 Å². The smallest absolute Gasteiger partial charge is 0.00797 e. The van der Waals surface area contributed by atoms with Gasteiger partial charge in [-0.3, -0.25) is 0 Å². The van der Waals surface area contributed by atoms with E-state index in [4.69, 9.17) is 5.73 Å². The average Bonchev–Trinajstić information content (AvgIpc) is 2.26. The zero-order valence-electron chi connectivity index (χ0n) is 11.9. The first-order valence-electron chi connectivity index (χ1n) is 7.47. The molecule has 1 saturated heterocycles. The molecule has 0 radical (unpaired) electrons. The minimum atomic E-state index is 0.442. The predicted molar refractivity (Wildman–Crippen MR) is 74.0 cm³/mol. The molecule has 0 aromatic heterocycles. The van der Waals surface area contributed by atoms with Crippen molar-refractivity contribution in [1.29, 1.82) is 0 Å². The summed E-state index contributed by atoms with van der Waals surface area (Å²) in [5.74, 6) is 0.722. The Labute approximate surface area is 107 Å². The van der Waals surface area contributed by atoms with Crippen LogP contribution in [0.1, 0.15) is 59.3 Å². The maximum absolute atomic E-state index is 6.34. The van der Waals surface area contributed by atoms with Gasteiger partial charge in [0.2, 0.25) is 0 Å². The predicted octanol–water partition coefficient (Wildman–Crippen LogP) is 3.01. The van der Waals surface area contributed by atoms with Crippen LogP contribution >= 0.6 is 0 Å². The second kappa shape index (κ2) is 5.27. The first-order valence-corrected chi connectivity index (χ1v) is 7.47. The molecule has 2 rings (SSSR count).